The molecule has 1 aromatic rings. The van der Waals surface area contributed by atoms with Crippen LogP contribution in [-0.2, 0) is 12.2 Å². The highest BCUT2D eigenvalue weighted by Gasteiger charge is 2.34. The Kier molecular flexibility index (Phi) is 4.11. The smallest absolute Gasteiger partial charge is 0.127 e. The summed E-state index contributed by atoms with van der Waals surface area (Å²) in [5.74, 6) is 2.25. The molecule has 3 rings (SSSR count). The summed E-state index contributed by atoms with van der Waals surface area (Å²) in [6.45, 7) is 6.31. The number of fused-ring (bicyclic) bond motifs is 3. The lowest BCUT2D eigenvalue weighted by Gasteiger charge is -2.35. The molecule has 19 heavy (non-hydrogen) atoms. The molecule has 1 aromatic carbocycles. The topological polar surface area (TPSA) is 21.3 Å². The first-order valence-corrected chi connectivity index (χ1v) is 8.92. The molecule has 0 saturated carbocycles. The normalized spacial score (nSPS) is 24.8. The van der Waals surface area contributed by atoms with Gasteiger partial charge in [0.25, 0.3) is 0 Å². The first kappa shape index (κ1) is 13.8. The molecule has 0 amide bonds. The molecule has 2 nitrogen and oxygen atoms in total. The Balaban J connectivity index is 2.10. The van der Waals surface area contributed by atoms with E-state index in [0.29, 0.717) is 11.3 Å². The van der Waals surface area contributed by atoms with Crippen molar-refractivity contribution in [3.8, 4) is 5.75 Å². The SMILES string of the molecule is CCNC1c2c(Br)cc3c(c2CSC1CC)OCC3. The summed E-state index contributed by atoms with van der Waals surface area (Å²) in [6, 6.07) is 2.71. The third kappa shape index (κ3) is 2.32. The number of benzene rings is 1. The molecule has 2 aliphatic rings. The van der Waals surface area contributed by atoms with Crippen LogP contribution in [0.4, 0.5) is 0 Å². The van der Waals surface area contributed by atoms with E-state index in [4.69, 9.17) is 4.74 Å². The summed E-state index contributed by atoms with van der Waals surface area (Å²) in [5, 5.41) is 4.32. The van der Waals surface area contributed by atoms with E-state index < -0.39 is 0 Å². The number of hydrogen-bond donors (Lipinski definition) is 1. The quantitative estimate of drug-likeness (QED) is 0.895. The van der Waals surface area contributed by atoms with Crippen molar-refractivity contribution in [3.05, 3.63) is 27.2 Å². The lowest BCUT2D eigenvalue weighted by Crippen LogP contribution is -2.33. The first-order valence-electron chi connectivity index (χ1n) is 7.08. The molecular weight excluding hydrogens is 322 g/mol. The van der Waals surface area contributed by atoms with E-state index in [9.17, 15) is 0 Å². The average molecular weight is 342 g/mol. The van der Waals surface area contributed by atoms with Crippen molar-refractivity contribution < 1.29 is 4.74 Å². The molecular formula is C15H20BrNOS. The zero-order valence-electron chi connectivity index (χ0n) is 11.5. The second-order valence-corrected chi connectivity index (χ2v) is 7.21. The van der Waals surface area contributed by atoms with Gasteiger partial charge in [0.05, 0.1) is 6.61 Å². The predicted octanol–water partition coefficient (Wildman–Crippen LogP) is 4.06. The summed E-state index contributed by atoms with van der Waals surface area (Å²) in [4.78, 5) is 0. The van der Waals surface area contributed by atoms with Gasteiger partial charge >= 0.3 is 0 Å². The zero-order chi connectivity index (χ0) is 13.4. The summed E-state index contributed by atoms with van der Waals surface area (Å²) in [7, 11) is 0. The highest BCUT2D eigenvalue weighted by atomic mass is 79.9. The monoisotopic (exact) mass is 341 g/mol. The Labute approximate surface area is 127 Å². The van der Waals surface area contributed by atoms with Gasteiger partial charge in [0, 0.05) is 33.5 Å². The molecule has 1 N–H and O–H groups in total. The predicted molar refractivity (Wildman–Crippen MR) is 85.1 cm³/mol. The second kappa shape index (κ2) is 5.66. The summed E-state index contributed by atoms with van der Waals surface area (Å²) < 4.78 is 7.15. The molecule has 0 saturated heterocycles. The van der Waals surface area contributed by atoms with Crippen molar-refractivity contribution in [2.45, 2.75) is 43.7 Å². The van der Waals surface area contributed by atoms with E-state index in [1.807, 2.05) is 0 Å². The number of rotatable bonds is 3. The average Bonchev–Trinajstić information content (AvgIpc) is 2.87. The van der Waals surface area contributed by atoms with Crippen LogP contribution < -0.4 is 10.1 Å². The molecule has 0 aliphatic carbocycles. The van der Waals surface area contributed by atoms with Crippen LogP contribution in [0.1, 0.15) is 43.0 Å². The molecule has 0 spiro atoms. The number of hydrogen-bond acceptors (Lipinski definition) is 3. The van der Waals surface area contributed by atoms with Crippen molar-refractivity contribution >= 4 is 27.7 Å². The van der Waals surface area contributed by atoms with Gasteiger partial charge in [-0.1, -0.05) is 29.8 Å². The molecule has 104 valence electrons. The molecule has 0 radical (unpaired) electrons. The fraction of sp³-hybridized carbons (Fsp3) is 0.600. The molecule has 2 aliphatic heterocycles. The van der Waals surface area contributed by atoms with Crippen molar-refractivity contribution in [2.75, 3.05) is 13.2 Å². The minimum absolute atomic E-state index is 0.438. The van der Waals surface area contributed by atoms with Crippen LogP contribution in [0.5, 0.6) is 5.75 Å². The second-order valence-electron chi connectivity index (χ2n) is 5.13. The third-order valence-electron chi connectivity index (χ3n) is 4.02. The maximum Gasteiger partial charge on any atom is 0.127 e. The minimum atomic E-state index is 0.438. The standard InChI is InChI=1S/C15H20BrNOS/c1-3-12-14(17-4-2)13-10(8-19-12)15-9(5-6-18-15)7-11(13)16/h7,12,14,17H,3-6,8H2,1-2H3. The number of halogens is 1. The fourth-order valence-electron chi connectivity index (χ4n) is 3.14. The Morgan fingerprint density at radius 1 is 1.47 bits per heavy atom. The van der Waals surface area contributed by atoms with Gasteiger partial charge in [-0.05, 0) is 30.2 Å². The maximum atomic E-state index is 5.89. The molecule has 2 atom stereocenters. The largest absolute Gasteiger partial charge is 0.493 e. The minimum Gasteiger partial charge on any atom is -0.493 e. The molecule has 4 heteroatoms. The number of ether oxygens (including phenoxy) is 1. The molecule has 0 bridgehead atoms. The lowest BCUT2D eigenvalue weighted by molar-refractivity contribution is 0.353. The van der Waals surface area contributed by atoms with E-state index in [1.54, 1.807) is 0 Å². The Morgan fingerprint density at radius 2 is 2.32 bits per heavy atom. The summed E-state index contributed by atoms with van der Waals surface area (Å²) in [5.41, 5.74) is 4.23. The Hall–Kier alpha value is -0.190. The van der Waals surface area contributed by atoms with Crippen molar-refractivity contribution in [1.82, 2.24) is 5.32 Å². The van der Waals surface area contributed by atoms with Crippen molar-refractivity contribution in [3.63, 3.8) is 0 Å². The van der Waals surface area contributed by atoms with E-state index in [2.05, 4.69) is 52.9 Å². The molecule has 2 heterocycles. The van der Waals surface area contributed by atoms with E-state index in [-0.39, 0.29) is 0 Å². The van der Waals surface area contributed by atoms with E-state index in [0.717, 1.165) is 25.3 Å². The lowest BCUT2D eigenvalue weighted by atomic mass is 9.93. The van der Waals surface area contributed by atoms with Crippen LogP contribution in [0.25, 0.3) is 0 Å². The van der Waals surface area contributed by atoms with Gasteiger partial charge < -0.3 is 10.1 Å². The zero-order valence-corrected chi connectivity index (χ0v) is 13.9. The van der Waals surface area contributed by atoms with Gasteiger partial charge in [0.2, 0.25) is 0 Å². The highest BCUT2D eigenvalue weighted by molar-refractivity contribution is 9.10. The summed E-state index contributed by atoms with van der Waals surface area (Å²) in [6.07, 6.45) is 2.25. The van der Waals surface area contributed by atoms with Gasteiger partial charge in [-0.25, -0.2) is 0 Å². The van der Waals surface area contributed by atoms with Crippen LogP contribution in [-0.4, -0.2) is 18.4 Å². The Bertz CT molecular complexity index is 492. The van der Waals surface area contributed by atoms with Crippen LogP contribution in [0.15, 0.2) is 10.5 Å². The molecule has 2 unspecified atom stereocenters. The maximum absolute atomic E-state index is 5.89. The van der Waals surface area contributed by atoms with Gasteiger partial charge in [0.1, 0.15) is 5.75 Å². The molecule has 0 fully saturated rings. The first-order chi connectivity index (χ1) is 9.26. The van der Waals surface area contributed by atoms with Crippen molar-refractivity contribution in [1.29, 1.82) is 0 Å². The van der Waals surface area contributed by atoms with Gasteiger partial charge in [-0.3, -0.25) is 0 Å². The molecule has 0 aromatic heterocycles. The Morgan fingerprint density at radius 3 is 3.05 bits per heavy atom. The third-order valence-corrected chi connectivity index (χ3v) is 6.16. The van der Waals surface area contributed by atoms with Gasteiger partial charge in [0.15, 0.2) is 0 Å². The van der Waals surface area contributed by atoms with Crippen LogP contribution in [0.2, 0.25) is 0 Å². The van der Waals surface area contributed by atoms with Gasteiger partial charge in [-0.15, -0.1) is 0 Å². The van der Waals surface area contributed by atoms with Crippen LogP contribution in [0, 0.1) is 0 Å². The fourth-order valence-corrected chi connectivity index (χ4v) is 5.23. The van der Waals surface area contributed by atoms with Crippen LogP contribution >= 0.6 is 27.7 Å². The van der Waals surface area contributed by atoms with E-state index >= 15 is 0 Å². The van der Waals surface area contributed by atoms with Crippen molar-refractivity contribution in [2.24, 2.45) is 0 Å². The number of thioether (sulfide) groups is 1. The summed E-state index contributed by atoms with van der Waals surface area (Å²) >= 11 is 5.86. The van der Waals surface area contributed by atoms with Gasteiger partial charge in [-0.2, -0.15) is 11.8 Å². The van der Waals surface area contributed by atoms with Crippen LogP contribution in [0.3, 0.4) is 0 Å². The van der Waals surface area contributed by atoms with E-state index in [1.165, 1.54) is 33.3 Å². The number of nitrogens with one attached hydrogen (secondary N) is 1. The highest BCUT2D eigenvalue weighted by Crippen LogP contribution is 2.48.